The normalized spacial score (nSPS) is 18.4. The number of benzene rings is 1. The molecule has 2 rings (SSSR count). The molecule has 0 saturated heterocycles. The van der Waals surface area contributed by atoms with Crippen LogP contribution in [0.5, 0.6) is 11.5 Å². The van der Waals surface area contributed by atoms with Gasteiger partial charge >= 0.3 is 0 Å². The van der Waals surface area contributed by atoms with E-state index in [0.29, 0.717) is 6.61 Å². The highest BCUT2D eigenvalue weighted by Gasteiger charge is 2.19. The van der Waals surface area contributed by atoms with Gasteiger partial charge in [0, 0.05) is 6.54 Å². The zero-order chi connectivity index (χ0) is 11.2. The second-order valence-corrected chi connectivity index (χ2v) is 3.84. The number of rotatable bonds is 5. The lowest BCUT2D eigenvalue weighted by molar-refractivity contribution is 0.0905. The smallest absolute Gasteiger partial charge is 0.161 e. The van der Waals surface area contributed by atoms with E-state index in [1.165, 1.54) is 0 Å². The fourth-order valence-corrected chi connectivity index (χ4v) is 1.65. The van der Waals surface area contributed by atoms with E-state index in [0.717, 1.165) is 37.6 Å². The Morgan fingerprint density at radius 3 is 2.94 bits per heavy atom. The molecule has 0 fully saturated rings. The van der Waals surface area contributed by atoms with Gasteiger partial charge in [0.2, 0.25) is 0 Å². The summed E-state index contributed by atoms with van der Waals surface area (Å²) in [6, 6.07) is 7.75. The van der Waals surface area contributed by atoms with Gasteiger partial charge < -0.3 is 20.5 Å². The molecule has 1 aromatic carbocycles. The molecule has 1 unspecified atom stereocenters. The van der Waals surface area contributed by atoms with Crippen LogP contribution in [0, 0.1) is 0 Å². The van der Waals surface area contributed by atoms with Crippen LogP contribution >= 0.6 is 0 Å². The van der Waals surface area contributed by atoms with E-state index in [4.69, 9.17) is 15.2 Å². The highest BCUT2D eigenvalue weighted by Crippen LogP contribution is 2.30. The fourth-order valence-electron chi connectivity index (χ4n) is 1.65. The summed E-state index contributed by atoms with van der Waals surface area (Å²) in [6.07, 6.45) is 1.08. The van der Waals surface area contributed by atoms with Crippen molar-refractivity contribution in [1.29, 1.82) is 0 Å². The summed E-state index contributed by atoms with van der Waals surface area (Å²) in [5, 5.41) is 3.30. The van der Waals surface area contributed by atoms with Crippen LogP contribution in [0.3, 0.4) is 0 Å². The average molecular weight is 222 g/mol. The molecule has 88 valence electrons. The van der Waals surface area contributed by atoms with Crippen molar-refractivity contribution in [2.75, 3.05) is 26.2 Å². The summed E-state index contributed by atoms with van der Waals surface area (Å²) in [5.74, 6) is 1.67. The van der Waals surface area contributed by atoms with Gasteiger partial charge in [0.15, 0.2) is 11.5 Å². The minimum absolute atomic E-state index is 0.0904. The van der Waals surface area contributed by atoms with Gasteiger partial charge in [-0.2, -0.15) is 0 Å². The lowest BCUT2D eigenvalue weighted by atomic mass is 10.2. The summed E-state index contributed by atoms with van der Waals surface area (Å²) in [7, 11) is 0. The number of fused-ring (bicyclic) bond motifs is 1. The van der Waals surface area contributed by atoms with Crippen LogP contribution in [0.25, 0.3) is 0 Å². The van der Waals surface area contributed by atoms with E-state index in [9.17, 15) is 0 Å². The van der Waals surface area contributed by atoms with Crippen molar-refractivity contribution < 1.29 is 9.47 Å². The van der Waals surface area contributed by atoms with Gasteiger partial charge in [-0.05, 0) is 31.6 Å². The summed E-state index contributed by atoms with van der Waals surface area (Å²) in [4.78, 5) is 0. The van der Waals surface area contributed by atoms with E-state index >= 15 is 0 Å². The molecule has 1 aliphatic heterocycles. The fraction of sp³-hybridized carbons (Fsp3) is 0.500. The predicted molar refractivity (Wildman–Crippen MR) is 62.9 cm³/mol. The van der Waals surface area contributed by atoms with Crippen LogP contribution in [0.1, 0.15) is 6.42 Å². The highest BCUT2D eigenvalue weighted by molar-refractivity contribution is 5.40. The lowest BCUT2D eigenvalue weighted by Gasteiger charge is -2.26. The van der Waals surface area contributed by atoms with E-state index < -0.39 is 0 Å². The number of ether oxygens (including phenoxy) is 2. The summed E-state index contributed by atoms with van der Waals surface area (Å²) in [5.41, 5.74) is 5.42. The molecule has 0 bridgehead atoms. The second kappa shape index (κ2) is 5.72. The summed E-state index contributed by atoms with van der Waals surface area (Å²) >= 11 is 0. The van der Waals surface area contributed by atoms with Crippen molar-refractivity contribution in [3.63, 3.8) is 0 Å². The molecule has 1 atom stereocenters. The average Bonchev–Trinajstić information content (AvgIpc) is 2.34. The maximum absolute atomic E-state index is 5.79. The van der Waals surface area contributed by atoms with E-state index in [2.05, 4.69) is 5.32 Å². The quantitative estimate of drug-likeness (QED) is 0.722. The van der Waals surface area contributed by atoms with Gasteiger partial charge in [0.1, 0.15) is 12.7 Å². The number of para-hydroxylation sites is 2. The molecular weight excluding hydrogens is 204 g/mol. The van der Waals surface area contributed by atoms with Gasteiger partial charge in [0.25, 0.3) is 0 Å². The summed E-state index contributed by atoms with van der Waals surface area (Å²) < 4.78 is 11.4. The molecule has 16 heavy (non-hydrogen) atoms. The van der Waals surface area contributed by atoms with Gasteiger partial charge in [-0.1, -0.05) is 12.1 Å². The van der Waals surface area contributed by atoms with Crippen molar-refractivity contribution in [3.8, 4) is 11.5 Å². The van der Waals surface area contributed by atoms with Crippen LogP contribution in [0.2, 0.25) is 0 Å². The Kier molecular flexibility index (Phi) is 4.02. The molecule has 0 radical (unpaired) electrons. The zero-order valence-electron chi connectivity index (χ0n) is 9.32. The van der Waals surface area contributed by atoms with Crippen LogP contribution in [0.15, 0.2) is 24.3 Å². The van der Waals surface area contributed by atoms with Crippen molar-refractivity contribution >= 4 is 0 Å². The summed E-state index contributed by atoms with van der Waals surface area (Å²) in [6.45, 7) is 3.05. The minimum atomic E-state index is 0.0904. The molecule has 0 spiro atoms. The topological polar surface area (TPSA) is 56.5 Å². The zero-order valence-corrected chi connectivity index (χ0v) is 9.32. The Labute approximate surface area is 95.7 Å². The first-order chi connectivity index (χ1) is 7.90. The first-order valence-corrected chi connectivity index (χ1v) is 5.69. The Bertz CT molecular complexity index is 331. The first-order valence-electron chi connectivity index (χ1n) is 5.69. The van der Waals surface area contributed by atoms with Crippen LogP contribution in [0.4, 0.5) is 0 Å². The Balaban J connectivity index is 1.79. The second-order valence-electron chi connectivity index (χ2n) is 3.84. The van der Waals surface area contributed by atoms with Crippen LogP contribution in [-0.4, -0.2) is 32.3 Å². The van der Waals surface area contributed by atoms with Crippen LogP contribution < -0.4 is 20.5 Å². The van der Waals surface area contributed by atoms with Crippen molar-refractivity contribution in [2.45, 2.75) is 12.5 Å². The maximum Gasteiger partial charge on any atom is 0.161 e. The Morgan fingerprint density at radius 1 is 1.31 bits per heavy atom. The molecule has 0 aliphatic carbocycles. The largest absolute Gasteiger partial charge is 0.486 e. The van der Waals surface area contributed by atoms with Crippen molar-refractivity contribution in [1.82, 2.24) is 5.32 Å². The van der Waals surface area contributed by atoms with Gasteiger partial charge in [0.05, 0.1) is 0 Å². The third-order valence-electron chi connectivity index (χ3n) is 2.50. The third kappa shape index (κ3) is 2.87. The van der Waals surface area contributed by atoms with Gasteiger partial charge in [-0.3, -0.25) is 0 Å². The van der Waals surface area contributed by atoms with Gasteiger partial charge in [-0.15, -0.1) is 0 Å². The van der Waals surface area contributed by atoms with E-state index in [1.54, 1.807) is 0 Å². The number of hydrogen-bond acceptors (Lipinski definition) is 4. The molecule has 0 saturated carbocycles. The minimum Gasteiger partial charge on any atom is -0.486 e. The highest BCUT2D eigenvalue weighted by atomic mass is 16.6. The molecule has 0 aromatic heterocycles. The lowest BCUT2D eigenvalue weighted by Crippen LogP contribution is -2.39. The van der Waals surface area contributed by atoms with Crippen LogP contribution in [-0.2, 0) is 0 Å². The van der Waals surface area contributed by atoms with Crippen molar-refractivity contribution in [3.05, 3.63) is 24.3 Å². The molecule has 4 heteroatoms. The first kappa shape index (κ1) is 11.2. The van der Waals surface area contributed by atoms with E-state index in [1.807, 2.05) is 24.3 Å². The molecule has 3 N–H and O–H groups in total. The monoisotopic (exact) mass is 222 g/mol. The van der Waals surface area contributed by atoms with E-state index in [-0.39, 0.29) is 6.10 Å². The molecular formula is C12H18N2O2. The molecule has 1 aliphatic rings. The molecule has 4 nitrogen and oxygen atoms in total. The standard InChI is InChI=1S/C12H18N2O2/c13-6-3-7-14-8-10-9-15-11-4-1-2-5-12(11)16-10/h1-2,4-5,10,14H,3,6-9,13H2. The number of hydrogen-bond donors (Lipinski definition) is 2. The Hall–Kier alpha value is -1.26. The molecule has 0 amide bonds. The number of nitrogens with one attached hydrogen (secondary N) is 1. The molecule has 1 aromatic rings. The SMILES string of the molecule is NCCCNCC1COc2ccccc2O1. The van der Waals surface area contributed by atoms with Crippen molar-refractivity contribution in [2.24, 2.45) is 5.73 Å². The number of nitrogens with two attached hydrogens (primary N) is 1. The molecule has 1 heterocycles. The predicted octanol–water partition coefficient (Wildman–Crippen LogP) is 0.765. The third-order valence-corrected chi connectivity index (χ3v) is 2.50. The Morgan fingerprint density at radius 2 is 2.12 bits per heavy atom. The van der Waals surface area contributed by atoms with Gasteiger partial charge in [-0.25, -0.2) is 0 Å². The maximum atomic E-state index is 5.79.